The Hall–Kier alpha value is -3.06. The monoisotopic (exact) mass is 514 g/mol. The third-order valence-electron chi connectivity index (χ3n) is 7.14. The van der Waals surface area contributed by atoms with E-state index in [-0.39, 0.29) is 30.0 Å². The molecule has 3 fully saturated rings. The van der Waals surface area contributed by atoms with Gasteiger partial charge in [-0.2, -0.15) is 5.10 Å². The number of carbonyl (C=O) groups excluding carboxylic acids is 1. The molecule has 0 bridgehead atoms. The maximum Gasteiger partial charge on any atom is 0.229 e. The summed E-state index contributed by atoms with van der Waals surface area (Å²) < 4.78 is 40.9. The van der Waals surface area contributed by atoms with Gasteiger partial charge in [0.25, 0.3) is 0 Å². The number of aryl methyl sites for hydroxylation is 1. The fourth-order valence-corrected chi connectivity index (χ4v) is 4.78. The number of rotatable bonds is 9. The summed E-state index contributed by atoms with van der Waals surface area (Å²) in [7, 11) is 3.79. The van der Waals surface area contributed by atoms with E-state index in [4.69, 9.17) is 18.9 Å². The van der Waals surface area contributed by atoms with Crippen LogP contribution in [0.25, 0.3) is 16.8 Å². The van der Waals surface area contributed by atoms with Crippen molar-refractivity contribution >= 4 is 17.2 Å². The zero-order valence-corrected chi connectivity index (χ0v) is 20.9. The average molecular weight is 515 g/mol. The van der Waals surface area contributed by atoms with Gasteiger partial charge in [0.2, 0.25) is 5.91 Å². The first-order chi connectivity index (χ1) is 17.9. The van der Waals surface area contributed by atoms with E-state index in [1.165, 1.54) is 10.7 Å². The molecule has 3 aromatic heterocycles. The number of anilines is 1. The number of aromatic nitrogens is 4. The number of hydrogen-bond acceptors (Lipinski definition) is 8. The standard InChI is InChI=1S/C25H31FN6O5/c1-30-3-4-35-17(9-30)14-37-22-8-27-31(2)24(22)20-6-16-7-23(29-32(16)10-21(20)26)28-25(33)19-5-15(19)11-36-18-12-34-13-18/h6-8,10,15,17-19H,3-5,9,11-14H2,1-2H3,(H,28,29,33). The normalized spacial score (nSPS) is 24.2. The number of hydrogen-bond donors (Lipinski definition) is 1. The molecular weight excluding hydrogens is 483 g/mol. The van der Waals surface area contributed by atoms with Crippen LogP contribution >= 0.6 is 0 Å². The molecule has 1 amide bonds. The first kappa shape index (κ1) is 24.3. The van der Waals surface area contributed by atoms with Crippen molar-refractivity contribution in [1.82, 2.24) is 24.3 Å². The van der Waals surface area contributed by atoms with Crippen molar-refractivity contribution in [3.8, 4) is 17.0 Å². The Morgan fingerprint density at radius 3 is 2.92 bits per heavy atom. The van der Waals surface area contributed by atoms with Crippen molar-refractivity contribution in [2.75, 3.05) is 58.5 Å². The molecule has 3 aliphatic rings. The molecule has 37 heavy (non-hydrogen) atoms. The Morgan fingerprint density at radius 1 is 1.27 bits per heavy atom. The van der Waals surface area contributed by atoms with Gasteiger partial charge in [0, 0.05) is 37.7 Å². The fourth-order valence-electron chi connectivity index (χ4n) is 4.78. The molecule has 1 aliphatic carbocycles. The van der Waals surface area contributed by atoms with Gasteiger partial charge >= 0.3 is 0 Å². The Bertz CT molecular complexity index is 1290. The Kier molecular flexibility index (Phi) is 6.57. The van der Waals surface area contributed by atoms with Crippen LogP contribution in [0.2, 0.25) is 0 Å². The molecule has 6 rings (SSSR count). The van der Waals surface area contributed by atoms with Gasteiger partial charge in [-0.25, -0.2) is 8.91 Å². The number of likely N-dealkylation sites (N-methyl/N-ethyl adjacent to an activating group) is 1. The summed E-state index contributed by atoms with van der Waals surface area (Å²) in [5.74, 6) is 0.395. The zero-order chi connectivity index (χ0) is 25.5. The lowest BCUT2D eigenvalue weighted by Gasteiger charge is -2.29. The van der Waals surface area contributed by atoms with E-state index in [2.05, 4.69) is 20.4 Å². The molecule has 0 spiro atoms. The van der Waals surface area contributed by atoms with Gasteiger partial charge in [-0.05, 0) is 25.5 Å². The van der Waals surface area contributed by atoms with Crippen LogP contribution in [-0.2, 0) is 26.1 Å². The maximum atomic E-state index is 15.2. The first-order valence-corrected chi connectivity index (χ1v) is 12.6. The first-order valence-electron chi connectivity index (χ1n) is 12.6. The van der Waals surface area contributed by atoms with Crippen molar-refractivity contribution < 1.29 is 28.1 Å². The lowest BCUT2D eigenvalue weighted by Crippen LogP contribution is -2.42. The van der Waals surface area contributed by atoms with Gasteiger partial charge in [0.15, 0.2) is 17.4 Å². The van der Waals surface area contributed by atoms with E-state index in [0.717, 1.165) is 19.5 Å². The van der Waals surface area contributed by atoms with Gasteiger partial charge in [-0.1, -0.05) is 0 Å². The van der Waals surface area contributed by atoms with Crippen molar-refractivity contribution in [3.63, 3.8) is 0 Å². The molecule has 1 saturated carbocycles. The third-order valence-corrected chi connectivity index (χ3v) is 7.14. The number of nitrogens with one attached hydrogen (secondary N) is 1. The minimum Gasteiger partial charge on any atom is -0.487 e. The molecule has 2 saturated heterocycles. The smallest absolute Gasteiger partial charge is 0.229 e. The molecule has 11 nitrogen and oxygen atoms in total. The highest BCUT2D eigenvalue weighted by atomic mass is 19.1. The van der Waals surface area contributed by atoms with E-state index in [1.54, 1.807) is 30.1 Å². The molecule has 198 valence electrons. The number of halogens is 1. The molecule has 3 atom stereocenters. The van der Waals surface area contributed by atoms with E-state index >= 15 is 4.39 Å². The van der Waals surface area contributed by atoms with Crippen LogP contribution in [0, 0.1) is 17.7 Å². The predicted octanol–water partition coefficient (Wildman–Crippen LogP) is 1.57. The summed E-state index contributed by atoms with van der Waals surface area (Å²) in [6.45, 7) is 4.47. The van der Waals surface area contributed by atoms with Crippen LogP contribution < -0.4 is 10.1 Å². The van der Waals surface area contributed by atoms with Crippen LogP contribution in [0.15, 0.2) is 24.5 Å². The maximum absolute atomic E-state index is 15.2. The summed E-state index contributed by atoms with van der Waals surface area (Å²) in [5, 5.41) is 11.5. The molecule has 2 aliphatic heterocycles. The molecule has 3 unspecified atom stereocenters. The SMILES string of the molecule is CN1CCOC(COc2cnn(C)c2-c2cc3cc(NC(=O)C4CC4COC4COC4)nn3cc2F)C1. The molecule has 3 aromatic rings. The zero-order valence-electron chi connectivity index (χ0n) is 20.9. The van der Waals surface area contributed by atoms with E-state index in [0.29, 0.717) is 61.4 Å². The molecule has 0 aromatic carbocycles. The van der Waals surface area contributed by atoms with Crippen molar-refractivity contribution in [2.24, 2.45) is 18.9 Å². The van der Waals surface area contributed by atoms with E-state index < -0.39 is 5.82 Å². The van der Waals surface area contributed by atoms with Crippen LogP contribution in [0.3, 0.4) is 0 Å². The Balaban J connectivity index is 1.14. The van der Waals surface area contributed by atoms with Crippen molar-refractivity contribution in [2.45, 2.75) is 18.6 Å². The summed E-state index contributed by atoms with van der Waals surface area (Å²) in [5.41, 5.74) is 1.49. The number of fused-ring (bicyclic) bond motifs is 1. The molecule has 1 N–H and O–H groups in total. The van der Waals surface area contributed by atoms with Crippen LogP contribution in [-0.4, -0.2) is 95.6 Å². The van der Waals surface area contributed by atoms with Crippen LogP contribution in [0.1, 0.15) is 6.42 Å². The molecule has 5 heterocycles. The average Bonchev–Trinajstić information content (AvgIpc) is 3.38. The second-order valence-electron chi connectivity index (χ2n) is 10.1. The van der Waals surface area contributed by atoms with Gasteiger partial charge in [0.1, 0.15) is 24.5 Å². The van der Waals surface area contributed by atoms with Gasteiger partial charge < -0.3 is 29.2 Å². The minimum absolute atomic E-state index is 0.0648. The minimum atomic E-state index is -0.477. The number of carbonyl (C=O) groups is 1. The Labute approximate surface area is 213 Å². The van der Waals surface area contributed by atoms with Gasteiger partial charge in [0.05, 0.1) is 44.3 Å². The highest BCUT2D eigenvalue weighted by Gasteiger charge is 2.44. The molecule has 0 radical (unpaired) electrons. The number of morpholine rings is 1. The van der Waals surface area contributed by atoms with E-state index in [9.17, 15) is 4.79 Å². The highest BCUT2D eigenvalue weighted by molar-refractivity contribution is 5.94. The second-order valence-corrected chi connectivity index (χ2v) is 10.1. The number of ether oxygens (including phenoxy) is 4. The highest BCUT2D eigenvalue weighted by Crippen LogP contribution is 2.40. The second kappa shape index (κ2) is 10.0. The fraction of sp³-hybridized carbons (Fsp3) is 0.560. The predicted molar refractivity (Wildman–Crippen MR) is 131 cm³/mol. The summed E-state index contributed by atoms with van der Waals surface area (Å²) in [6, 6.07) is 3.41. The quantitative estimate of drug-likeness (QED) is 0.459. The molecular formula is C25H31FN6O5. The van der Waals surface area contributed by atoms with Crippen LogP contribution in [0.5, 0.6) is 5.75 Å². The van der Waals surface area contributed by atoms with Gasteiger partial charge in [-0.3, -0.25) is 9.48 Å². The number of pyridine rings is 1. The number of nitrogens with zero attached hydrogens (tertiary/aromatic N) is 5. The third kappa shape index (κ3) is 5.19. The summed E-state index contributed by atoms with van der Waals surface area (Å²) in [6.07, 6.45) is 3.76. The lowest BCUT2D eigenvalue weighted by atomic mass is 10.1. The topological polar surface area (TPSA) is 104 Å². The van der Waals surface area contributed by atoms with Crippen LogP contribution in [0.4, 0.5) is 10.2 Å². The Morgan fingerprint density at radius 2 is 2.14 bits per heavy atom. The van der Waals surface area contributed by atoms with E-state index in [1.807, 2.05) is 7.05 Å². The largest absolute Gasteiger partial charge is 0.487 e. The summed E-state index contributed by atoms with van der Waals surface area (Å²) >= 11 is 0. The number of amides is 1. The van der Waals surface area contributed by atoms with Crippen molar-refractivity contribution in [1.29, 1.82) is 0 Å². The lowest BCUT2D eigenvalue weighted by molar-refractivity contribution is -0.133. The van der Waals surface area contributed by atoms with Crippen molar-refractivity contribution in [3.05, 3.63) is 30.3 Å². The summed E-state index contributed by atoms with van der Waals surface area (Å²) in [4.78, 5) is 14.9. The van der Waals surface area contributed by atoms with Gasteiger partial charge in [-0.15, -0.1) is 5.10 Å². The molecule has 12 heteroatoms.